The van der Waals surface area contributed by atoms with Crippen molar-refractivity contribution in [2.75, 3.05) is 37.7 Å². The lowest BCUT2D eigenvalue weighted by Gasteiger charge is -2.32. The lowest BCUT2D eigenvalue weighted by atomic mass is 10.1. The van der Waals surface area contributed by atoms with E-state index in [0.29, 0.717) is 36.8 Å². The van der Waals surface area contributed by atoms with E-state index in [-0.39, 0.29) is 24.5 Å². The summed E-state index contributed by atoms with van der Waals surface area (Å²) in [6.07, 6.45) is 1.63. The molecule has 0 bridgehead atoms. The second-order valence-electron chi connectivity index (χ2n) is 7.21. The van der Waals surface area contributed by atoms with Crippen molar-refractivity contribution in [2.24, 2.45) is 0 Å². The van der Waals surface area contributed by atoms with Crippen LogP contribution in [0.5, 0.6) is 5.75 Å². The number of morpholine rings is 1. The van der Waals surface area contributed by atoms with E-state index in [9.17, 15) is 9.59 Å². The van der Waals surface area contributed by atoms with Crippen LogP contribution in [0.2, 0.25) is 5.02 Å². The minimum absolute atomic E-state index is 0.0162. The Morgan fingerprint density at radius 1 is 1.07 bits per heavy atom. The van der Waals surface area contributed by atoms with E-state index in [1.165, 1.54) is 0 Å². The first-order valence-electron chi connectivity index (χ1n) is 9.80. The van der Waals surface area contributed by atoms with Gasteiger partial charge in [0.1, 0.15) is 18.5 Å². The van der Waals surface area contributed by atoms with Crippen molar-refractivity contribution in [3.8, 4) is 5.75 Å². The predicted octanol–water partition coefficient (Wildman–Crippen LogP) is 3.39. The summed E-state index contributed by atoms with van der Waals surface area (Å²) >= 11 is 5.91. The van der Waals surface area contributed by atoms with E-state index in [2.05, 4.69) is 0 Å². The molecule has 6 nitrogen and oxygen atoms in total. The number of anilines is 1. The van der Waals surface area contributed by atoms with Gasteiger partial charge in [0, 0.05) is 48.7 Å². The van der Waals surface area contributed by atoms with Gasteiger partial charge in [-0.1, -0.05) is 17.7 Å². The Labute approximate surface area is 174 Å². The number of benzene rings is 2. The van der Waals surface area contributed by atoms with E-state index in [4.69, 9.17) is 21.1 Å². The molecule has 2 aliphatic rings. The number of ether oxygens (including phenoxy) is 2. The van der Waals surface area contributed by atoms with E-state index in [1.54, 1.807) is 17.0 Å². The van der Waals surface area contributed by atoms with Crippen LogP contribution < -0.4 is 9.64 Å². The first-order valence-corrected chi connectivity index (χ1v) is 10.2. The van der Waals surface area contributed by atoms with Gasteiger partial charge in [0.25, 0.3) is 11.8 Å². The average molecular weight is 415 g/mol. The molecule has 0 radical (unpaired) electrons. The highest BCUT2D eigenvalue weighted by molar-refractivity contribution is 6.30. The highest BCUT2D eigenvalue weighted by atomic mass is 35.5. The molecule has 0 N–H and O–H groups in total. The molecule has 2 heterocycles. The monoisotopic (exact) mass is 414 g/mol. The Kier molecular flexibility index (Phi) is 6.02. The van der Waals surface area contributed by atoms with Crippen LogP contribution in [0, 0.1) is 0 Å². The maximum atomic E-state index is 13.0. The molecule has 2 aromatic rings. The Balaban J connectivity index is 1.36. The lowest BCUT2D eigenvalue weighted by molar-refractivity contribution is -0.125. The molecule has 2 aromatic carbocycles. The van der Waals surface area contributed by atoms with Crippen molar-refractivity contribution in [3.05, 3.63) is 59.1 Å². The molecule has 0 saturated carbocycles. The summed E-state index contributed by atoms with van der Waals surface area (Å²) in [5.41, 5.74) is 1.34. The molecule has 2 aliphatic heterocycles. The summed E-state index contributed by atoms with van der Waals surface area (Å²) < 4.78 is 11.2. The number of likely N-dealkylation sites (tertiary alicyclic amines) is 1. The van der Waals surface area contributed by atoms with Crippen LogP contribution in [0.1, 0.15) is 23.2 Å². The van der Waals surface area contributed by atoms with Crippen molar-refractivity contribution >= 4 is 29.1 Å². The first-order chi connectivity index (χ1) is 14.1. The summed E-state index contributed by atoms with van der Waals surface area (Å²) in [4.78, 5) is 28.5. The summed E-state index contributed by atoms with van der Waals surface area (Å²) in [5, 5.41) is 0.679. The number of hydrogen-bond acceptors (Lipinski definition) is 4. The third kappa shape index (κ3) is 4.71. The highest BCUT2D eigenvalue weighted by Gasteiger charge is 2.26. The Morgan fingerprint density at radius 3 is 2.55 bits per heavy atom. The van der Waals surface area contributed by atoms with Crippen LogP contribution in [-0.4, -0.2) is 55.7 Å². The van der Waals surface area contributed by atoms with E-state index < -0.39 is 0 Å². The van der Waals surface area contributed by atoms with Gasteiger partial charge in [-0.2, -0.15) is 0 Å². The zero-order valence-corrected chi connectivity index (χ0v) is 16.8. The number of nitrogens with zero attached hydrogens (tertiary/aromatic N) is 2. The molecule has 2 saturated heterocycles. The topological polar surface area (TPSA) is 59.1 Å². The highest BCUT2D eigenvalue weighted by Crippen LogP contribution is 2.23. The van der Waals surface area contributed by atoms with Crippen molar-refractivity contribution in [3.63, 3.8) is 0 Å². The summed E-state index contributed by atoms with van der Waals surface area (Å²) in [6.45, 7) is 2.36. The van der Waals surface area contributed by atoms with Gasteiger partial charge < -0.3 is 19.3 Å². The van der Waals surface area contributed by atoms with Crippen LogP contribution in [0.25, 0.3) is 0 Å². The number of piperidine rings is 1. The number of halogens is 1. The van der Waals surface area contributed by atoms with Crippen LogP contribution in [0.4, 0.5) is 5.69 Å². The van der Waals surface area contributed by atoms with Crippen molar-refractivity contribution in [1.82, 2.24) is 4.90 Å². The van der Waals surface area contributed by atoms with Gasteiger partial charge in [0.2, 0.25) is 0 Å². The number of amides is 2. The molecule has 0 spiro atoms. The predicted molar refractivity (Wildman–Crippen MR) is 111 cm³/mol. The summed E-state index contributed by atoms with van der Waals surface area (Å²) in [5.74, 6) is 0.695. The molecule has 152 valence electrons. The smallest absolute Gasteiger partial charge is 0.253 e. The Morgan fingerprint density at radius 2 is 1.83 bits per heavy atom. The Hall–Kier alpha value is -2.57. The molecule has 2 fully saturated rings. The van der Waals surface area contributed by atoms with Crippen molar-refractivity contribution in [2.45, 2.75) is 18.9 Å². The first kappa shape index (κ1) is 19.7. The third-order valence-corrected chi connectivity index (χ3v) is 5.49. The van der Waals surface area contributed by atoms with Crippen molar-refractivity contribution in [1.29, 1.82) is 0 Å². The number of hydrogen-bond donors (Lipinski definition) is 0. The van der Waals surface area contributed by atoms with Gasteiger partial charge >= 0.3 is 0 Å². The maximum Gasteiger partial charge on any atom is 0.253 e. The second kappa shape index (κ2) is 8.84. The number of carbonyl (C=O) groups is 2. The van der Waals surface area contributed by atoms with Crippen LogP contribution >= 0.6 is 11.6 Å². The molecule has 0 aliphatic carbocycles. The fraction of sp³-hybridized carbons (Fsp3) is 0.364. The molecular weight excluding hydrogens is 392 g/mol. The second-order valence-corrected chi connectivity index (χ2v) is 7.65. The van der Waals surface area contributed by atoms with E-state index in [0.717, 1.165) is 24.3 Å². The summed E-state index contributed by atoms with van der Waals surface area (Å²) in [7, 11) is 0. The Bertz CT molecular complexity index is 879. The lowest BCUT2D eigenvalue weighted by Crippen LogP contribution is -2.42. The van der Waals surface area contributed by atoms with Crippen LogP contribution in [0.15, 0.2) is 48.5 Å². The van der Waals surface area contributed by atoms with Crippen molar-refractivity contribution < 1.29 is 19.1 Å². The maximum absolute atomic E-state index is 13.0. The number of carbonyl (C=O) groups excluding carboxylic acids is 2. The largest absolute Gasteiger partial charge is 0.490 e. The third-order valence-electron chi connectivity index (χ3n) is 5.24. The molecule has 4 rings (SSSR count). The standard InChI is InChI=1S/C22H23ClN2O4/c23-17-4-6-19(7-5-17)29-20-8-10-24(11-9-20)22(27)16-2-1-3-18(14-16)25-12-13-28-15-21(25)26/h1-7,14,20H,8-13,15H2. The molecule has 7 heteroatoms. The van der Waals surface area contributed by atoms with Gasteiger partial charge in [0.05, 0.1) is 6.61 Å². The summed E-state index contributed by atoms with van der Waals surface area (Å²) in [6, 6.07) is 14.6. The normalized spacial score (nSPS) is 18.0. The van der Waals surface area contributed by atoms with Gasteiger partial charge in [-0.25, -0.2) is 0 Å². The van der Waals surface area contributed by atoms with Gasteiger partial charge in [-0.15, -0.1) is 0 Å². The minimum Gasteiger partial charge on any atom is -0.490 e. The molecule has 0 unspecified atom stereocenters. The van der Waals surface area contributed by atoms with E-state index >= 15 is 0 Å². The van der Waals surface area contributed by atoms with E-state index in [1.807, 2.05) is 41.3 Å². The average Bonchev–Trinajstić information content (AvgIpc) is 2.76. The molecule has 29 heavy (non-hydrogen) atoms. The van der Waals surface area contributed by atoms with Crippen LogP contribution in [-0.2, 0) is 9.53 Å². The fourth-order valence-electron chi connectivity index (χ4n) is 3.66. The van der Waals surface area contributed by atoms with Crippen LogP contribution in [0.3, 0.4) is 0 Å². The number of rotatable bonds is 4. The van der Waals surface area contributed by atoms with Gasteiger partial charge in [-0.05, 0) is 42.5 Å². The molecule has 0 atom stereocenters. The zero-order chi connectivity index (χ0) is 20.2. The van der Waals surface area contributed by atoms with Gasteiger partial charge in [-0.3, -0.25) is 9.59 Å². The molecule has 0 aromatic heterocycles. The fourth-order valence-corrected chi connectivity index (χ4v) is 3.79. The molecule has 2 amide bonds. The quantitative estimate of drug-likeness (QED) is 0.769. The minimum atomic E-state index is -0.0824. The van der Waals surface area contributed by atoms with Gasteiger partial charge in [0.15, 0.2) is 0 Å². The zero-order valence-electron chi connectivity index (χ0n) is 16.1. The molecular formula is C22H23ClN2O4. The SMILES string of the molecule is O=C(c1cccc(N2CCOCC2=O)c1)N1CCC(Oc2ccc(Cl)cc2)CC1.